The average Bonchev–Trinajstić information content (AvgIpc) is 3.00. The molecule has 0 unspecified atom stereocenters. The van der Waals surface area contributed by atoms with Crippen LogP contribution in [0.2, 0.25) is 0 Å². The molecule has 1 heterocycles. The molecule has 0 saturated carbocycles. The van der Waals surface area contributed by atoms with E-state index < -0.39 is 5.97 Å². The number of thioether (sulfide) groups is 1. The quantitative estimate of drug-likeness (QED) is 0.677. The molecule has 0 aromatic heterocycles. The van der Waals surface area contributed by atoms with Crippen LogP contribution in [0.1, 0.15) is 21.5 Å². The normalized spacial score (nSPS) is 16.5. The Morgan fingerprint density at radius 2 is 1.93 bits per heavy atom. The third-order valence-electron chi connectivity index (χ3n) is 4.26. The van der Waals surface area contributed by atoms with Crippen LogP contribution in [-0.4, -0.2) is 43.1 Å². The van der Waals surface area contributed by atoms with Crippen molar-refractivity contribution in [2.45, 2.75) is 6.61 Å². The molecule has 1 amide bonds. The predicted octanol–water partition coefficient (Wildman–Crippen LogP) is 2.17. The number of carboxylic acids is 1. The largest absolute Gasteiger partial charge is 0.545 e. The van der Waals surface area contributed by atoms with Gasteiger partial charge in [-0.25, -0.2) is 0 Å². The molecule has 1 aliphatic heterocycles. The first kappa shape index (κ1) is 20.5. The minimum atomic E-state index is -1.22. The van der Waals surface area contributed by atoms with Gasteiger partial charge in [0.15, 0.2) is 16.7 Å². The van der Waals surface area contributed by atoms with Gasteiger partial charge < -0.3 is 19.4 Å². The number of nitrogens with zero attached hydrogens (tertiary/aromatic N) is 2. The lowest BCUT2D eigenvalue weighted by molar-refractivity contribution is -0.255. The van der Waals surface area contributed by atoms with Crippen LogP contribution in [0.25, 0.3) is 6.08 Å². The van der Waals surface area contributed by atoms with Crippen LogP contribution in [0.5, 0.6) is 11.5 Å². The molecule has 0 atom stereocenters. The van der Waals surface area contributed by atoms with Crippen molar-refractivity contribution in [1.29, 1.82) is 0 Å². The van der Waals surface area contributed by atoms with Gasteiger partial charge in [-0.15, -0.1) is 0 Å². The van der Waals surface area contributed by atoms with Gasteiger partial charge in [0.1, 0.15) is 6.61 Å². The Morgan fingerprint density at radius 3 is 2.52 bits per heavy atom. The highest BCUT2D eigenvalue weighted by atomic mass is 32.2. The number of amidine groups is 1. The van der Waals surface area contributed by atoms with Gasteiger partial charge in [-0.2, -0.15) is 0 Å². The summed E-state index contributed by atoms with van der Waals surface area (Å²) < 4.78 is 11.2. The van der Waals surface area contributed by atoms with Crippen LogP contribution in [0, 0.1) is 0 Å². The highest BCUT2D eigenvalue weighted by Crippen LogP contribution is 2.34. The molecule has 0 radical (unpaired) electrons. The molecular weight excluding hydrogens is 392 g/mol. The molecule has 0 N–H and O–H groups in total. The van der Waals surface area contributed by atoms with Crippen LogP contribution < -0.4 is 14.6 Å². The standard InChI is InChI=1S/C21H20N2O5S/c1-22-21-23(2)19(24)18(29-21)11-14-6-9-16(17(10-14)27-3)28-12-13-4-7-15(8-5-13)20(25)26/h4-11H,12H2,1-3H3,(H,25,26)/p-1/b18-11-,22-21?. The lowest BCUT2D eigenvalue weighted by Gasteiger charge is -2.12. The van der Waals surface area contributed by atoms with Crippen molar-refractivity contribution in [3.63, 3.8) is 0 Å². The molecule has 150 valence electrons. The predicted molar refractivity (Wildman–Crippen MR) is 110 cm³/mol. The molecule has 29 heavy (non-hydrogen) atoms. The fraction of sp³-hybridized carbons (Fsp3) is 0.190. The molecule has 0 spiro atoms. The summed E-state index contributed by atoms with van der Waals surface area (Å²) in [6.45, 7) is 0.250. The van der Waals surface area contributed by atoms with Gasteiger partial charge in [0.25, 0.3) is 5.91 Å². The zero-order valence-corrected chi connectivity index (χ0v) is 17.0. The molecule has 7 nitrogen and oxygen atoms in total. The van der Waals surface area contributed by atoms with E-state index in [-0.39, 0.29) is 18.1 Å². The first-order valence-corrected chi connectivity index (χ1v) is 9.50. The molecule has 1 fully saturated rings. The molecule has 0 bridgehead atoms. The average molecular weight is 411 g/mol. The number of methoxy groups -OCH3 is 1. The maximum atomic E-state index is 12.3. The number of amides is 1. The second-order valence-electron chi connectivity index (χ2n) is 6.16. The number of ether oxygens (including phenoxy) is 2. The van der Waals surface area contributed by atoms with Gasteiger partial charge >= 0.3 is 0 Å². The van der Waals surface area contributed by atoms with E-state index in [1.54, 1.807) is 51.5 Å². The fourth-order valence-corrected chi connectivity index (χ4v) is 3.62. The van der Waals surface area contributed by atoms with Crippen molar-refractivity contribution >= 4 is 34.9 Å². The van der Waals surface area contributed by atoms with E-state index in [0.717, 1.165) is 11.1 Å². The second kappa shape index (κ2) is 8.83. The maximum absolute atomic E-state index is 12.3. The smallest absolute Gasteiger partial charge is 0.266 e. The number of hydrogen-bond acceptors (Lipinski definition) is 7. The Kier molecular flexibility index (Phi) is 6.23. The van der Waals surface area contributed by atoms with Gasteiger partial charge in [-0.05, 0) is 46.7 Å². The summed E-state index contributed by atoms with van der Waals surface area (Å²) in [7, 11) is 4.88. The Bertz CT molecular complexity index is 999. The summed E-state index contributed by atoms with van der Waals surface area (Å²) in [6, 6.07) is 11.7. The van der Waals surface area contributed by atoms with Gasteiger partial charge in [-0.1, -0.05) is 30.3 Å². The number of rotatable bonds is 6. The Morgan fingerprint density at radius 1 is 1.21 bits per heavy atom. The van der Waals surface area contributed by atoms with Gasteiger partial charge in [0.2, 0.25) is 0 Å². The van der Waals surface area contributed by atoms with Crippen LogP contribution in [0.15, 0.2) is 52.4 Å². The van der Waals surface area contributed by atoms with E-state index in [4.69, 9.17) is 9.47 Å². The summed E-state index contributed by atoms with van der Waals surface area (Å²) in [5.41, 5.74) is 1.73. The molecular formula is C21H19N2O5S-. The summed E-state index contributed by atoms with van der Waals surface area (Å²) in [4.78, 5) is 29.3. The molecule has 0 aliphatic carbocycles. The van der Waals surface area contributed by atoms with Crippen molar-refractivity contribution in [3.05, 3.63) is 64.1 Å². The SMILES string of the molecule is CN=C1S/C(=C\c2ccc(OCc3ccc(C(=O)[O-])cc3)c(OC)c2)C(=O)N1C. The van der Waals surface area contributed by atoms with Gasteiger partial charge in [0.05, 0.1) is 18.0 Å². The van der Waals surface area contributed by atoms with Gasteiger partial charge in [-0.3, -0.25) is 14.7 Å². The maximum Gasteiger partial charge on any atom is 0.266 e. The minimum Gasteiger partial charge on any atom is -0.545 e. The van der Waals surface area contributed by atoms with Crippen molar-refractivity contribution in [2.75, 3.05) is 21.2 Å². The van der Waals surface area contributed by atoms with Crippen LogP contribution in [-0.2, 0) is 11.4 Å². The minimum absolute atomic E-state index is 0.102. The van der Waals surface area contributed by atoms with E-state index in [1.165, 1.54) is 28.8 Å². The molecule has 1 aliphatic rings. The molecule has 1 saturated heterocycles. The number of likely N-dealkylation sites (N-methyl/N-ethyl adjacent to an activating group) is 1. The van der Waals surface area contributed by atoms with E-state index >= 15 is 0 Å². The summed E-state index contributed by atoms with van der Waals surface area (Å²) in [5.74, 6) is -0.253. The Hall–Kier alpha value is -3.26. The first-order valence-electron chi connectivity index (χ1n) is 8.68. The number of benzene rings is 2. The Balaban J connectivity index is 1.74. The summed E-state index contributed by atoms with van der Waals surface area (Å²) >= 11 is 1.32. The number of hydrogen-bond donors (Lipinski definition) is 0. The van der Waals surface area contributed by atoms with E-state index in [9.17, 15) is 14.7 Å². The molecule has 2 aromatic carbocycles. The number of aromatic carboxylic acids is 1. The lowest BCUT2D eigenvalue weighted by Crippen LogP contribution is -2.23. The van der Waals surface area contributed by atoms with Crippen LogP contribution in [0.3, 0.4) is 0 Å². The van der Waals surface area contributed by atoms with Gasteiger partial charge in [0, 0.05) is 14.1 Å². The third-order valence-corrected chi connectivity index (χ3v) is 5.42. The van der Waals surface area contributed by atoms with E-state index in [2.05, 4.69) is 4.99 Å². The van der Waals surface area contributed by atoms with Crippen molar-refractivity contribution in [3.8, 4) is 11.5 Å². The molecule has 8 heteroatoms. The van der Waals surface area contributed by atoms with Crippen molar-refractivity contribution < 1.29 is 24.2 Å². The summed E-state index contributed by atoms with van der Waals surface area (Å²) in [5, 5.41) is 11.5. The summed E-state index contributed by atoms with van der Waals surface area (Å²) in [6.07, 6.45) is 1.78. The first-order chi connectivity index (χ1) is 13.9. The number of carboxylic acid groups (broad SMARTS) is 1. The fourth-order valence-electron chi connectivity index (χ4n) is 2.69. The van der Waals surface area contributed by atoms with Crippen LogP contribution >= 0.6 is 11.8 Å². The Labute approximate surface area is 172 Å². The molecule has 2 aromatic rings. The second-order valence-corrected chi connectivity index (χ2v) is 7.17. The zero-order valence-electron chi connectivity index (χ0n) is 16.2. The number of aliphatic imine (C=N–C) groups is 1. The molecule has 3 rings (SSSR count). The lowest BCUT2D eigenvalue weighted by atomic mass is 10.1. The van der Waals surface area contributed by atoms with Crippen LogP contribution in [0.4, 0.5) is 0 Å². The van der Waals surface area contributed by atoms with E-state index in [1.807, 2.05) is 6.07 Å². The van der Waals surface area contributed by atoms with Crippen molar-refractivity contribution in [1.82, 2.24) is 4.90 Å². The van der Waals surface area contributed by atoms with E-state index in [0.29, 0.717) is 21.6 Å². The number of carbonyl (C=O) groups excluding carboxylic acids is 2. The topological polar surface area (TPSA) is 91.3 Å². The monoisotopic (exact) mass is 411 g/mol. The number of carbonyl (C=O) groups is 2. The third kappa shape index (κ3) is 4.60. The zero-order chi connectivity index (χ0) is 21.0. The highest BCUT2D eigenvalue weighted by molar-refractivity contribution is 8.18. The van der Waals surface area contributed by atoms with Crippen molar-refractivity contribution in [2.24, 2.45) is 4.99 Å². The highest BCUT2D eigenvalue weighted by Gasteiger charge is 2.29.